The third kappa shape index (κ3) is 1.14. The van der Waals surface area contributed by atoms with E-state index in [1.54, 1.807) is 6.07 Å². The number of H-pyrrole nitrogens is 1. The van der Waals surface area contributed by atoms with Crippen molar-refractivity contribution < 1.29 is 9.53 Å². The largest absolute Gasteiger partial charge is 0.494 e. The monoisotopic (exact) mass is 159 g/mol. The molecule has 1 N–H and O–H groups in total. The fourth-order valence-electron chi connectivity index (χ4n) is 0.676. The maximum absolute atomic E-state index is 10.2. The fourth-order valence-corrected chi connectivity index (χ4v) is 0.877. The summed E-state index contributed by atoms with van der Waals surface area (Å²) in [4.78, 5) is 12.8. The van der Waals surface area contributed by atoms with Gasteiger partial charge in [0, 0.05) is 6.07 Å². The molecule has 10 heavy (non-hydrogen) atoms. The first-order valence-corrected chi connectivity index (χ1v) is 3.03. The van der Waals surface area contributed by atoms with Gasteiger partial charge in [-0.25, -0.2) is 0 Å². The molecule has 0 saturated carbocycles. The Hall–Kier alpha value is -0.960. The molecule has 54 valence electrons. The van der Waals surface area contributed by atoms with Crippen LogP contribution in [0.2, 0.25) is 5.15 Å². The molecule has 4 heteroatoms. The van der Waals surface area contributed by atoms with Crippen molar-refractivity contribution in [3.63, 3.8) is 0 Å². The van der Waals surface area contributed by atoms with E-state index in [1.165, 1.54) is 7.11 Å². The van der Waals surface area contributed by atoms with Gasteiger partial charge in [-0.05, 0) is 0 Å². The summed E-state index contributed by atoms with van der Waals surface area (Å²) in [7, 11) is 1.48. The number of ether oxygens (including phenoxy) is 1. The van der Waals surface area contributed by atoms with Crippen molar-refractivity contribution in [1.29, 1.82) is 0 Å². The van der Waals surface area contributed by atoms with Crippen molar-refractivity contribution in [2.45, 2.75) is 0 Å². The third-order valence-electron chi connectivity index (χ3n) is 1.12. The molecular formula is C6H6ClNO2. The molecular weight excluding hydrogens is 154 g/mol. The van der Waals surface area contributed by atoms with Crippen LogP contribution in [0, 0.1) is 0 Å². The molecule has 0 unspecified atom stereocenters. The molecule has 1 heterocycles. The van der Waals surface area contributed by atoms with Gasteiger partial charge in [0.25, 0.3) is 0 Å². The van der Waals surface area contributed by atoms with Crippen LogP contribution in [0.25, 0.3) is 0 Å². The second kappa shape index (κ2) is 2.75. The molecule has 1 aromatic heterocycles. The zero-order chi connectivity index (χ0) is 7.56. The van der Waals surface area contributed by atoms with Crippen LogP contribution >= 0.6 is 11.6 Å². The van der Waals surface area contributed by atoms with Crippen LogP contribution in [0.1, 0.15) is 10.5 Å². The Balaban J connectivity index is 3.08. The Kier molecular flexibility index (Phi) is 1.97. The molecule has 0 spiro atoms. The number of carbonyl (C=O) groups is 1. The van der Waals surface area contributed by atoms with Crippen molar-refractivity contribution >= 4 is 17.9 Å². The summed E-state index contributed by atoms with van der Waals surface area (Å²) in [5, 5.41) is 0.402. The lowest BCUT2D eigenvalue weighted by atomic mass is 10.4. The molecule has 0 aliphatic rings. The van der Waals surface area contributed by atoms with Gasteiger partial charge >= 0.3 is 0 Å². The number of hydrogen-bond donors (Lipinski definition) is 1. The number of halogens is 1. The topological polar surface area (TPSA) is 42.1 Å². The number of aromatic amines is 1. The molecule has 1 rings (SSSR count). The van der Waals surface area contributed by atoms with E-state index in [-0.39, 0.29) is 0 Å². The van der Waals surface area contributed by atoms with Crippen molar-refractivity contribution in [1.82, 2.24) is 4.98 Å². The normalized spacial score (nSPS) is 9.40. The van der Waals surface area contributed by atoms with E-state index in [0.717, 1.165) is 0 Å². The highest BCUT2D eigenvalue weighted by Gasteiger charge is 2.04. The number of nitrogens with one attached hydrogen (secondary N) is 1. The van der Waals surface area contributed by atoms with E-state index in [9.17, 15) is 4.79 Å². The number of aldehydes is 1. The van der Waals surface area contributed by atoms with Crippen molar-refractivity contribution in [2.24, 2.45) is 0 Å². The molecule has 0 amide bonds. The van der Waals surface area contributed by atoms with Gasteiger partial charge in [-0.1, -0.05) is 11.6 Å². The summed E-state index contributed by atoms with van der Waals surface area (Å²) in [6, 6.07) is 1.55. The van der Waals surface area contributed by atoms with E-state index < -0.39 is 0 Å². The fraction of sp³-hybridized carbons (Fsp3) is 0.167. The lowest BCUT2D eigenvalue weighted by Gasteiger charge is -1.92. The van der Waals surface area contributed by atoms with Crippen molar-refractivity contribution in [3.8, 4) is 5.75 Å². The lowest BCUT2D eigenvalue weighted by molar-refractivity contribution is 0.111. The van der Waals surface area contributed by atoms with E-state index in [4.69, 9.17) is 16.3 Å². The van der Waals surface area contributed by atoms with Crippen molar-refractivity contribution in [3.05, 3.63) is 16.9 Å². The number of hydrogen-bond acceptors (Lipinski definition) is 2. The van der Waals surface area contributed by atoms with Gasteiger partial charge in [-0.2, -0.15) is 0 Å². The van der Waals surface area contributed by atoms with E-state index >= 15 is 0 Å². The zero-order valence-corrected chi connectivity index (χ0v) is 6.11. The molecule has 0 fully saturated rings. The highest BCUT2D eigenvalue weighted by molar-refractivity contribution is 6.29. The van der Waals surface area contributed by atoms with Crippen LogP contribution in [0.4, 0.5) is 0 Å². The summed E-state index contributed by atoms with van der Waals surface area (Å²) in [6.45, 7) is 0. The highest BCUT2D eigenvalue weighted by atomic mass is 35.5. The van der Waals surface area contributed by atoms with Gasteiger partial charge in [-0.3, -0.25) is 4.79 Å². The minimum atomic E-state index is 0.368. The molecule has 0 aliphatic carbocycles. The van der Waals surface area contributed by atoms with Gasteiger partial charge in [0.2, 0.25) is 0 Å². The van der Waals surface area contributed by atoms with Crippen LogP contribution in [-0.2, 0) is 0 Å². The van der Waals surface area contributed by atoms with Crippen molar-refractivity contribution in [2.75, 3.05) is 7.11 Å². The van der Waals surface area contributed by atoms with Crippen LogP contribution in [0.3, 0.4) is 0 Å². The SMILES string of the molecule is COc1cc(Cl)[nH]c1C=O. The molecule has 0 saturated heterocycles. The highest BCUT2D eigenvalue weighted by Crippen LogP contribution is 2.20. The number of carbonyl (C=O) groups excluding carboxylic acids is 1. The Morgan fingerprint density at radius 2 is 2.50 bits per heavy atom. The second-order valence-electron chi connectivity index (χ2n) is 1.72. The number of rotatable bonds is 2. The van der Waals surface area contributed by atoms with Gasteiger partial charge in [0.1, 0.15) is 16.6 Å². The molecule has 0 aromatic carbocycles. The molecule has 1 aromatic rings. The minimum Gasteiger partial charge on any atom is -0.494 e. The Bertz CT molecular complexity index is 244. The summed E-state index contributed by atoms with van der Waals surface area (Å²) in [5.74, 6) is 0.472. The summed E-state index contributed by atoms with van der Waals surface area (Å²) in [6.07, 6.45) is 0.657. The third-order valence-corrected chi connectivity index (χ3v) is 1.32. The van der Waals surface area contributed by atoms with Crippen LogP contribution < -0.4 is 4.74 Å². The first-order chi connectivity index (χ1) is 4.77. The van der Waals surface area contributed by atoms with Crippen LogP contribution in [-0.4, -0.2) is 18.4 Å². The first kappa shape index (κ1) is 7.15. The van der Waals surface area contributed by atoms with Crippen LogP contribution in [0.15, 0.2) is 6.07 Å². The Morgan fingerprint density at radius 3 is 2.90 bits per heavy atom. The van der Waals surface area contributed by atoms with Gasteiger partial charge in [-0.15, -0.1) is 0 Å². The average molecular weight is 160 g/mol. The molecule has 0 aliphatic heterocycles. The predicted octanol–water partition coefficient (Wildman–Crippen LogP) is 1.49. The van der Waals surface area contributed by atoms with E-state index in [1.807, 2.05) is 0 Å². The van der Waals surface area contributed by atoms with Crippen LogP contribution in [0.5, 0.6) is 5.75 Å². The quantitative estimate of drug-likeness (QED) is 0.665. The summed E-state index contributed by atoms with van der Waals surface area (Å²) < 4.78 is 4.81. The smallest absolute Gasteiger partial charge is 0.170 e. The average Bonchev–Trinajstić information content (AvgIpc) is 2.30. The van der Waals surface area contributed by atoms with Gasteiger partial charge in [0.15, 0.2) is 6.29 Å². The molecule has 3 nitrogen and oxygen atoms in total. The lowest BCUT2D eigenvalue weighted by Crippen LogP contribution is -1.85. The molecule has 0 atom stereocenters. The summed E-state index contributed by atoms with van der Waals surface area (Å²) >= 11 is 5.53. The van der Waals surface area contributed by atoms with E-state index in [2.05, 4.69) is 4.98 Å². The maximum Gasteiger partial charge on any atom is 0.170 e. The molecule has 0 radical (unpaired) electrons. The zero-order valence-electron chi connectivity index (χ0n) is 5.35. The number of aromatic nitrogens is 1. The Labute approximate surface area is 62.9 Å². The maximum atomic E-state index is 10.2. The standard InChI is InChI=1S/C6H6ClNO2/c1-10-5-2-6(7)8-4(5)3-9/h2-3,8H,1H3. The number of methoxy groups -OCH3 is 1. The van der Waals surface area contributed by atoms with Gasteiger partial charge in [0.05, 0.1) is 7.11 Å². The van der Waals surface area contributed by atoms with E-state index in [0.29, 0.717) is 22.9 Å². The predicted molar refractivity (Wildman–Crippen MR) is 37.7 cm³/mol. The summed E-state index contributed by atoms with van der Waals surface area (Å²) in [5.41, 5.74) is 0.368. The van der Waals surface area contributed by atoms with Gasteiger partial charge < -0.3 is 9.72 Å². The second-order valence-corrected chi connectivity index (χ2v) is 2.12. The first-order valence-electron chi connectivity index (χ1n) is 2.65. The Morgan fingerprint density at radius 1 is 1.80 bits per heavy atom. The minimum absolute atomic E-state index is 0.368. The molecule has 0 bridgehead atoms.